The van der Waals surface area contributed by atoms with Crippen LogP contribution >= 0.6 is 0 Å². The number of aryl methyl sites for hydroxylation is 2. The van der Waals surface area contributed by atoms with Gasteiger partial charge < -0.3 is 9.88 Å². The van der Waals surface area contributed by atoms with E-state index in [2.05, 4.69) is 27.5 Å². The summed E-state index contributed by atoms with van der Waals surface area (Å²) in [5, 5.41) is 3.40. The number of aromatic nitrogens is 3. The zero-order chi connectivity index (χ0) is 12.5. The lowest BCUT2D eigenvalue weighted by molar-refractivity contribution is 0.461. The fourth-order valence-corrected chi connectivity index (χ4v) is 2.92. The van der Waals surface area contributed by atoms with Crippen LogP contribution in [0.3, 0.4) is 0 Å². The van der Waals surface area contributed by atoms with Gasteiger partial charge in [0.25, 0.3) is 0 Å². The number of nitrogens with zero attached hydrogens (tertiary/aromatic N) is 3. The van der Waals surface area contributed by atoms with Gasteiger partial charge in [0, 0.05) is 31.1 Å². The maximum absolute atomic E-state index is 4.57. The largest absolute Gasteiger partial charge is 0.340 e. The van der Waals surface area contributed by atoms with Crippen molar-refractivity contribution in [2.24, 2.45) is 7.05 Å². The fourth-order valence-electron chi connectivity index (χ4n) is 2.92. The Labute approximate surface area is 107 Å². The number of rotatable bonds is 3. The summed E-state index contributed by atoms with van der Waals surface area (Å²) in [5.41, 5.74) is 3.73. The summed E-state index contributed by atoms with van der Waals surface area (Å²) in [7, 11) is 4.00. The average Bonchev–Trinajstić information content (AvgIpc) is 2.98. The molecule has 2 aromatic rings. The van der Waals surface area contributed by atoms with Crippen LogP contribution in [-0.4, -0.2) is 21.6 Å². The Morgan fingerprint density at radius 2 is 2.33 bits per heavy atom. The summed E-state index contributed by atoms with van der Waals surface area (Å²) in [4.78, 5) is 9.04. The maximum atomic E-state index is 4.57. The van der Waals surface area contributed by atoms with E-state index in [4.69, 9.17) is 0 Å². The molecule has 2 atom stereocenters. The number of hydrogen-bond donors (Lipinski definition) is 1. The maximum Gasteiger partial charge on any atom is 0.0947 e. The molecule has 0 aromatic carbocycles. The quantitative estimate of drug-likeness (QED) is 0.892. The second-order valence-corrected chi connectivity index (χ2v) is 4.92. The van der Waals surface area contributed by atoms with Gasteiger partial charge in [-0.25, -0.2) is 4.98 Å². The summed E-state index contributed by atoms with van der Waals surface area (Å²) >= 11 is 0. The van der Waals surface area contributed by atoms with Crippen LogP contribution in [0.1, 0.15) is 35.3 Å². The van der Waals surface area contributed by atoms with Crippen LogP contribution in [0.5, 0.6) is 0 Å². The van der Waals surface area contributed by atoms with Crippen LogP contribution in [0, 0.1) is 0 Å². The summed E-state index contributed by atoms with van der Waals surface area (Å²) < 4.78 is 1.99. The molecule has 0 saturated heterocycles. The molecular formula is C14H18N4. The molecule has 2 unspecified atom stereocenters. The molecule has 3 rings (SSSR count). The van der Waals surface area contributed by atoms with Gasteiger partial charge >= 0.3 is 0 Å². The number of pyridine rings is 1. The number of imidazole rings is 1. The molecule has 0 aliphatic heterocycles. The van der Waals surface area contributed by atoms with Crippen molar-refractivity contribution in [3.05, 3.63) is 47.8 Å². The molecule has 0 amide bonds. The van der Waals surface area contributed by atoms with Gasteiger partial charge in [0.2, 0.25) is 0 Å². The van der Waals surface area contributed by atoms with Crippen LogP contribution in [0.2, 0.25) is 0 Å². The molecule has 4 heteroatoms. The van der Waals surface area contributed by atoms with E-state index in [0.717, 1.165) is 18.5 Å². The van der Waals surface area contributed by atoms with Crippen molar-refractivity contribution in [2.45, 2.75) is 24.8 Å². The number of nitrogens with one attached hydrogen (secondary N) is 1. The lowest BCUT2D eigenvalue weighted by atomic mass is 9.95. The predicted octanol–water partition coefficient (Wildman–Crippen LogP) is 1.81. The zero-order valence-corrected chi connectivity index (χ0v) is 10.8. The predicted molar refractivity (Wildman–Crippen MR) is 70.3 cm³/mol. The first-order valence-electron chi connectivity index (χ1n) is 6.38. The second kappa shape index (κ2) is 4.53. The van der Waals surface area contributed by atoms with Gasteiger partial charge in [-0.15, -0.1) is 0 Å². The SMILES string of the molecule is CNC(c1cn(C)cn1)C1CCc2cccnc21. The fraction of sp³-hybridized carbons (Fsp3) is 0.429. The van der Waals surface area contributed by atoms with Crippen molar-refractivity contribution < 1.29 is 0 Å². The molecule has 0 fully saturated rings. The van der Waals surface area contributed by atoms with Crippen molar-refractivity contribution in [2.75, 3.05) is 7.05 Å². The van der Waals surface area contributed by atoms with Crippen molar-refractivity contribution in [1.82, 2.24) is 19.9 Å². The molecule has 1 N–H and O–H groups in total. The van der Waals surface area contributed by atoms with Crippen LogP contribution in [0.25, 0.3) is 0 Å². The van der Waals surface area contributed by atoms with E-state index < -0.39 is 0 Å². The van der Waals surface area contributed by atoms with Gasteiger partial charge in [0.1, 0.15) is 0 Å². The Morgan fingerprint density at radius 3 is 3.06 bits per heavy atom. The number of hydrogen-bond acceptors (Lipinski definition) is 3. The van der Waals surface area contributed by atoms with Gasteiger partial charge in [0.15, 0.2) is 0 Å². The highest BCUT2D eigenvalue weighted by atomic mass is 15.0. The first-order chi connectivity index (χ1) is 8.79. The van der Waals surface area contributed by atoms with Crippen LogP contribution in [0.4, 0.5) is 0 Å². The summed E-state index contributed by atoms with van der Waals surface area (Å²) in [6, 6.07) is 4.46. The smallest absolute Gasteiger partial charge is 0.0947 e. The summed E-state index contributed by atoms with van der Waals surface area (Å²) in [5.74, 6) is 0.432. The minimum Gasteiger partial charge on any atom is -0.340 e. The highest BCUT2D eigenvalue weighted by molar-refractivity contribution is 5.31. The Balaban J connectivity index is 1.95. The molecule has 0 bridgehead atoms. The lowest BCUT2D eigenvalue weighted by Gasteiger charge is -2.21. The molecule has 2 heterocycles. The highest BCUT2D eigenvalue weighted by Gasteiger charge is 2.32. The average molecular weight is 242 g/mol. The van der Waals surface area contributed by atoms with E-state index in [1.54, 1.807) is 0 Å². The molecule has 4 nitrogen and oxygen atoms in total. The van der Waals surface area contributed by atoms with Crippen molar-refractivity contribution >= 4 is 0 Å². The number of likely N-dealkylation sites (N-methyl/N-ethyl adjacent to an activating group) is 1. The van der Waals surface area contributed by atoms with Crippen LogP contribution < -0.4 is 5.32 Å². The molecule has 94 valence electrons. The van der Waals surface area contributed by atoms with Crippen molar-refractivity contribution in [1.29, 1.82) is 0 Å². The van der Waals surface area contributed by atoms with E-state index in [1.807, 2.05) is 37.3 Å². The minimum atomic E-state index is 0.252. The Hall–Kier alpha value is -1.68. The van der Waals surface area contributed by atoms with Gasteiger partial charge in [-0.3, -0.25) is 4.98 Å². The third kappa shape index (κ3) is 1.82. The molecule has 0 spiro atoms. The topological polar surface area (TPSA) is 42.7 Å². The first kappa shape index (κ1) is 11.4. The number of fused-ring (bicyclic) bond motifs is 1. The van der Waals surface area contributed by atoms with Gasteiger partial charge in [-0.05, 0) is 31.5 Å². The molecule has 1 aliphatic rings. The Morgan fingerprint density at radius 1 is 1.44 bits per heavy atom. The molecule has 1 aliphatic carbocycles. The van der Waals surface area contributed by atoms with Gasteiger partial charge in [-0.2, -0.15) is 0 Å². The standard InChI is InChI=1S/C14H18N4/c1-15-14(12-8-18(2)9-17-12)11-6-5-10-4-3-7-16-13(10)11/h3-4,7-9,11,14-15H,5-6H2,1-2H3. The van der Waals surface area contributed by atoms with E-state index in [1.165, 1.54) is 11.3 Å². The van der Waals surface area contributed by atoms with Crippen LogP contribution in [0.15, 0.2) is 30.9 Å². The van der Waals surface area contributed by atoms with E-state index >= 15 is 0 Å². The van der Waals surface area contributed by atoms with E-state index in [0.29, 0.717) is 5.92 Å². The van der Waals surface area contributed by atoms with Crippen LogP contribution in [-0.2, 0) is 13.5 Å². The van der Waals surface area contributed by atoms with E-state index in [9.17, 15) is 0 Å². The summed E-state index contributed by atoms with van der Waals surface area (Å²) in [6.07, 6.45) is 8.10. The molecular weight excluding hydrogens is 224 g/mol. The molecule has 2 aromatic heterocycles. The summed E-state index contributed by atoms with van der Waals surface area (Å²) in [6.45, 7) is 0. The second-order valence-electron chi connectivity index (χ2n) is 4.92. The Bertz CT molecular complexity index is 546. The first-order valence-corrected chi connectivity index (χ1v) is 6.38. The van der Waals surface area contributed by atoms with E-state index in [-0.39, 0.29) is 6.04 Å². The third-order valence-electron chi connectivity index (χ3n) is 3.76. The monoisotopic (exact) mass is 242 g/mol. The Kier molecular flexibility index (Phi) is 2.88. The minimum absolute atomic E-state index is 0.252. The van der Waals surface area contributed by atoms with Gasteiger partial charge in [-0.1, -0.05) is 6.07 Å². The van der Waals surface area contributed by atoms with Crippen molar-refractivity contribution in [3.63, 3.8) is 0 Å². The van der Waals surface area contributed by atoms with Gasteiger partial charge in [0.05, 0.1) is 18.1 Å². The lowest BCUT2D eigenvalue weighted by Crippen LogP contribution is -2.23. The highest BCUT2D eigenvalue weighted by Crippen LogP contribution is 2.39. The zero-order valence-electron chi connectivity index (χ0n) is 10.8. The third-order valence-corrected chi connectivity index (χ3v) is 3.76. The molecule has 18 heavy (non-hydrogen) atoms. The normalized spacial score (nSPS) is 19.8. The molecule has 0 radical (unpaired) electrons. The molecule has 0 saturated carbocycles. The van der Waals surface area contributed by atoms with Crippen molar-refractivity contribution in [3.8, 4) is 0 Å².